The molecule has 0 bridgehead atoms. The maximum absolute atomic E-state index is 11.6. The summed E-state index contributed by atoms with van der Waals surface area (Å²) < 4.78 is 22.3. The van der Waals surface area contributed by atoms with Crippen LogP contribution in [0.4, 0.5) is 4.79 Å². The van der Waals surface area contributed by atoms with Gasteiger partial charge in [0.05, 0.1) is 17.1 Å². The summed E-state index contributed by atoms with van der Waals surface area (Å²) in [6.07, 6.45) is 2.25. The zero-order valence-electron chi connectivity index (χ0n) is 12.4. The number of hydrogen-bond donors (Lipinski definition) is 3. The molecule has 4 N–H and O–H groups in total. The van der Waals surface area contributed by atoms with Crippen molar-refractivity contribution in [1.29, 1.82) is 0 Å². The minimum Gasteiger partial charge on any atom is -0.338 e. The molecule has 0 atom stereocenters. The highest BCUT2D eigenvalue weighted by molar-refractivity contribution is 7.89. The van der Waals surface area contributed by atoms with Crippen molar-refractivity contribution in [3.05, 3.63) is 59.9 Å². The van der Waals surface area contributed by atoms with E-state index in [2.05, 4.69) is 15.6 Å². The molecule has 1 aromatic heterocycles. The number of hydrogen-bond acceptors (Lipinski definition) is 4. The minimum atomic E-state index is -3.67. The summed E-state index contributed by atoms with van der Waals surface area (Å²) in [5.41, 5.74) is 1.68. The van der Waals surface area contributed by atoms with E-state index < -0.39 is 10.0 Å². The first-order chi connectivity index (χ1) is 10.9. The van der Waals surface area contributed by atoms with Crippen LogP contribution in [0.5, 0.6) is 0 Å². The quantitative estimate of drug-likeness (QED) is 0.724. The van der Waals surface area contributed by atoms with E-state index in [1.165, 1.54) is 12.1 Å². The molecule has 0 radical (unpaired) electrons. The number of aromatic nitrogens is 1. The zero-order chi connectivity index (χ0) is 16.7. The largest absolute Gasteiger partial charge is 0.338 e. The van der Waals surface area contributed by atoms with Crippen LogP contribution in [0.1, 0.15) is 11.3 Å². The standard InChI is InChI=1S/C15H18N4O3S/c16-23(21,22)14-6-4-12(5-7-14)8-10-18-15(20)19-11-13-3-1-2-9-17-13/h1-7,9H,8,10-11H2,(H2,16,21,22)(H2,18,19,20). The monoisotopic (exact) mass is 334 g/mol. The Morgan fingerprint density at radius 3 is 2.43 bits per heavy atom. The van der Waals surface area contributed by atoms with Crippen LogP contribution in [-0.2, 0) is 23.0 Å². The molecule has 0 aliphatic rings. The van der Waals surface area contributed by atoms with E-state index in [9.17, 15) is 13.2 Å². The first-order valence-corrected chi connectivity index (χ1v) is 8.53. The van der Waals surface area contributed by atoms with Crippen molar-refractivity contribution < 1.29 is 13.2 Å². The molecule has 0 saturated heterocycles. The Morgan fingerprint density at radius 1 is 1.09 bits per heavy atom. The van der Waals surface area contributed by atoms with Crippen LogP contribution in [0.2, 0.25) is 0 Å². The lowest BCUT2D eigenvalue weighted by molar-refractivity contribution is 0.240. The highest BCUT2D eigenvalue weighted by atomic mass is 32.2. The van der Waals surface area contributed by atoms with Crippen LogP contribution < -0.4 is 15.8 Å². The molecule has 2 rings (SSSR count). The predicted molar refractivity (Wildman–Crippen MR) is 86.0 cm³/mol. The van der Waals surface area contributed by atoms with Gasteiger partial charge in [0.25, 0.3) is 0 Å². The van der Waals surface area contributed by atoms with E-state index in [1.54, 1.807) is 18.3 Å². The Morgan fingerprint density at radius 2 is 1.83 bits per heavy atom. The van der Waals surface area contributed by atoms with Crippen molar-refractivity contribution >= 4 is 16.1 Å². The van der Waals surface area contributed by atoms with Crippen molar-refractivity contribution in [2.75, 3.05) is 6.54 Å². The lowest BCUT2D eigenvalue weighted by atomic mass is 10.1. The summed E-state index contributed by atoms with van der Waals surface area (Å²) in [4.78, 5) is 15.8. The van der Waals surface area contributed by atoms with Crippen molar-refractivity contribution in [2.45, 2.75) is 17.9 Å². The maximum atomic E-state index is 11.6. The number of pyridine rings is 1. The van der Waals surface area contributed by atoms with E-state index in [4.69, 9.17) is 5.14 Å². The summed E-state index contributed by atoms with van der Waals surface area (Å²) in [6.45, 7) is 0.790. The normalized spacial score (nSPS) is 11.0. The molecular formula is C15H18N4O3S. The van der Waals surface area contributed by atoms with Gasteiger partial charge in [0.15, 0.2) is 0 Å². The van der Waals surface area contributed by atoms with Gasteiger partial charge in [-0.1, -0.05) is 18.2 Å². The van der Waals surface area contributed by atoms with Crippen molar-refractivity contribution in [3.8, 4) is 0 Å². The Hall–Kier alpha value is -2.45. The van der Waals surface area contributed by atoms with E-state index in [0.29, 0.717) is 19.5 Å². The lowest BCUT2D eigenvalue weighted by Crippen LogP contribution is -2.36. The Labute approximate surface area is 135 Å². The second kappa shape index (κ2) is 7.70. The topological polar surface area (TPSA) is 114 Å². The second-order valence-electron chi connectivity index (χ2n) is 4.87. The molecule has 0 fully saturated rings. The molecule has 1 heterocycles. The van der Waals surface area contributed by atoms with Gasteiger partial charge in [-0.25, -0.2) is 18.4 Å². The summed E-state index contributed by atoms with van der Waals surface area (Å²) in [5, 5.41) is 10.5. The fourth-order valence-electron chi connectivity index (χ4n) is 1.90. The first kappa shape index (κ1) is 16.9. The Bertz CT molecular complexity index is 746. The summed E-state index contributed by atoms with van der Waals surface area (Å²) in [5.74, 6) is 0. The van der Waals surface area contributed by atoms with E-state index in [1.807, 2.05) is 18.2 Å². The SMILES string of the molecule is NS(=O)(=O)c1ccc(CCNC(=O)NCc2ccccn2)cc1. The molecular weight excluding hydrogens is 316 g/mol. The van der Waals surface area contributed by atoms with Crippen LogP contribution in [0.25, 0.3) is 0 Å². The molecule has 0 aliphatic carbocycles. The van der Waals surface area contributed by atoms with Crippen LogP contribution >= 0.6 is 0 Å². The number of nitrogens with zero attached hydrogens (tertiary/aromatic N) is 1. The second-order valence-corrected chi connectivity index (χ2v) is 6.43. The van der Waals surface area contributed by atoms with Crippen molar-refractivity contribution in [2.24, 2.45) is 5.14 Å². The van der Waals surface area contributed by atoms with Gasteiger partial charge >= 0.3 is 6.03 Å². The number of urea groups is 1. The van der Waals surface area contributed by atoms with Gasteiger partial charge in [-0.05, 0) is 36.2 Å². The molecule has 1 aromatic carbocycles. The van der Waals surface area contributed by atoms with E-state index in [-0.39, 0.29) is 10.9 Å². The van der Waals surface area contributed by atoms with E-state index in [0.717, 1.165) is 11.3 Å². The van der Waals surface area contributed by atoms with Crippen LogP contribution in [-0.4, -0.2) is 26.0 Å². The minimum absolute atomic E-state index is 0.0716. The highest BCUT2D eigenvalue weighted by Gasteiger charge is 2.06. The molecule has 0 spiro atoms. The van der Waals surface area contributed by atoms with Crippen LogP contribution in [0.3, 0.4) is 0 Å². The van der Waals surface area contributed by atoms with Gasteiger partial charge in [-0.2, -0.15) is 0 Å². The highest BCUT2D eigenvalue weighted by Crippen LogP contribution is 2.08. The van der Waals surface area contributed by atoms with Crippen molar-refractivity contribution in [1.82, 2.24) is 15.6 Å². The van der Waals surface area contributed by atoms with Crippen LogP contribution in [0, 0.1) is 0 Å². The molecule has 23 heavy (non-hydrogen) atoms. The van der Waals surface area contributed by atoms with Gasteiger partial charge in [0.1, 0.15) is 0 Å². The van der Waals surface area contributed by atoms with E-state index >= 15 is 0 Å². The third-order valence-corrected chi connectivity index (χ3v) is 4.04. The molecule has 7 nitrogen and oxygen atoms in total. The molecule has 2 amide bonds. The molecule has 0 aliphatic heterocycles. The molecule has 8 heteroatoms. The number of sulfonamides is 1. The average Bonchev–Trinajstić information content (AvgIpc) is 2.53. The van der Waals surface area contributed by atoms with Crippen molar-refractivity contribution in [3.63, 3.8) is 0 Å². The predicted octanol–water partition coefficient (Wildman–Crippen LogP) is 0.771. The zero-order valence-corrected chi connectivity index (χ0v) is 13.2. The number of rotatable bonds is 6. The number of nitrogens with one attached hydrogen (secondary N) is 2. The number of carbonyl (C=O) groups is 1. The maximum Gasteiger partial charge on any atom is 0.315 e. The van der Waals surface area contributed by atoms with Gasteiger partial charge in [0, 0.05) is 12.7 Å². The third-order valence-electron chi connectivity index (χ3n) is 3.11. The Balaban J connectivity index is 1.73. The number of amides is 2. The van der Waals surface area contributed by atoms with Gasteiger partial charge in [-0.3, -0.25) is 4.98 Å². The molecule has 122 valence electrons. The number of primary sulfonamides is 1. The van der Waals surface area contributed by atoms with Crippen LogP contribution in [0.15, 0.2) is 53.6 Å². The van der Waals surface area contributed by atoms with Gasteiger partial charge in [-0.15, -0.1) is 0 Å². The number of nitrogens with two attached hydrogens (primary N) is 1. The Kier molecular flexibility index (Phi) is 5.67. The lowest BCUT2D eigenvalue weighted by Gasteiger charge is -2.07. The smallest absolute Gasteiger partial charge is 0.315 e. The van der Waals surface area contributed by atoms with Gasteiger partial charge in [0.2, 0.25) is 10.0 Å². The third kappa shape index (κ3) is 5.68. The first-order valence-electron chi connectivity index (χ1n) is 6.98. The number of benzene rings is 1. The summed E-state index contributed by atoms with van der Waals surface area (Å²) >= 11 is 0. The average molecular weight is 334 g/mol. The molecule has 0 saturated carbocycles. The fourth-order valence-corrected chi connectivity index (χ4v) is 2.42. The van der Waals surface area contributed by atoms with Gasteiger partial charge < -0.3 is 10.6 Å². The molecule has 0 unspecified atom stereocenters. The summed E-state index contributed by atoms with van der Waals surface area (Å²) in [6, 6.07) is 11.5. The number of carbonyl (C=O) groups excluding carboxylic acids is 1. The summed E-state index contributed by atoms with van der Waals surface area (Å²) in [7, 11) is -3.67. The fraction of sp³-hybridized carbons (Fsp3) is 0.200. The molecule has 2 aromatic rings.